The second-order valence-corrected chi connectivity index (χ2v) is 10.3. The number of halogens is 3. The monoisotopic (exact) mass is 572 g/mol. The van der Waals surface area contributed by atoms with Gasteiger partial charge in [0.2, 0.25) is 6.41 Å². The van der Waals surface area contributed by atoms with Gasteiger partial charge in [-0.25, -0.2) is 4.79 Å². The first-order valence-electron chi connectivity index (χ1n) is 12.1. The van der Waals surface area contributed by atoms with Crippen LogP contribution in [0.25, 0.3) is 0 Å². The lowest BCUT2D eigenvalue weighted by molar-refractivity contribution is -0.108. The molecule has 2 atom stereocenters. The number of carbonyl (C=O) groups excluding carboxylic acids is 3. The van der Waals surface area contributed by atoms with E-state index in [1.165, 1.54) is 11.1 Å². The van der Waals surface area contributed by atoms with Crippen molar-refractivity contribution in [3.8, 4) is 0 Å². The van der Waals surface area contributed by atoms with Gasteiger partial charge in [0, 0.05) is 41.8 Å². The number of hydrogen-bond donors (Lipinski definition) is 2. The van der Waals surface area contributed by atoms with Gasteiger partial charge in [-0.05, 0) is 60.4 Å². The van der Waals surface area contributed by atoms with Gasteiger partial charge in [0.1, 0.15) is 0 Å². The van der Waals surface area contributed by atoms with Gasteiger partial charge < -0.3 is 15.5 Å². The first kappa shape index (κ1) is 27.8. The second kappa shape index (κ2) is 12.5. The number of urea groups is 1. The Morgan fingerprint density at radius 2 is 1.74 bits per heavy atom. The van der Waals surface area contributed by atoms with Crippen molar-refractivity contribution in [1.29, 1.82) is 0 Å². The molecule has 1 fully saturated rings. The minimum absolute atomic E-state index is 0.0377. The number of imide groups is 1. The summed E-state index contributed by atoms with van der Waals surface area (Å²) in [5.41, 5.74) is 8.84. The summed E-state index contributed by atoms with van der Waals surface area (Å²) in [6.07, 6.45) is 2.31. The Labute approximate surface area is 236 Å². The number of nitrogens with two attached hydrogens (primary N) is 1. The van der Waals surface area contributed by atoms with Gasteiger partial charge in [-0.15, -0.1) is 0 Å². The first-order chi connectivity index (χ1) is 18.3. The van der Waals surface area contributed by atoms with Gasteiger partial charge in [-0.2, -0.15) is 0 Å². The van der Waals surface area contributed by atoms with Crippen LogP contribution >= 0.6 is 34.8 Å². The van der Waals surface area contributed by atoms with Gasteiger partial charge in [-0.1, -0.05) is 65.1 Å². The maximum atomic E-state index is 13.6. The Bertz CT molecular complexity index is 1340. The number of carbonyl (C=O) groups is 3. The number of amides is 4. The predicted octanol–water partition coefficient (Wildman–Crippen LogP) is 5.52. The number of rotatable bonds is 4. The third kappa shape index (κ3) is 6.41. The summed E-state index contributed by atoms with van der Waals surface area (Å²) >= 11 is 18.6. The molecule has 7 nitrogen and oxygen atoms in total. The summed E-state index contributed by atoms with van der Waals surface area (Å²) in [5.74, 6) is 0.329. The van der Waals surface area contributed by atoms with Gasteiger partial charge in [-0.3, -0.25) is 14.9 Å². The Kier molecular flexibility index (Phi) is 9.15. The van der Waals surface area contributed by atoms with E-state index in [2.05, 4.69) is 34.9 Å². The van der Waals surface area contributed by atoms with Gasteiger partial charge in [0.15, 0.2) is 0 Å². The molecule has 0 bridgehead atoms. The zero-order valence-corrected chi connectivity index (χ0v) is 22.7. The molecule has 3 aromatic carbocycles. The standard InChI is InChI=1S/C26H23Cl3N2O.C2H4N2O2/c27-19-6-3-5-18(14-19)26(32)31-13-12-30(20-9-11-23(28)24(29)15-20)16-25(31)22-10-8-17-4-1-2-7-21(17)22;3-2(6)4-1-5/h1-7,9,11,14-15,22,25H,8,10,12-13,16H2;1H,(H3,3,4,5,6)/t22-,25-;/m1./s1. The summed E-state index contributed by atoms with van der Waals surface area (Å²) in [5, 5.41) is 3.34. The molecule has 2 aliphatic rings. The van der Waals surface area contributed by atoms with Crippen molar-refractivity contribution in [2.45, 2.75) is 24.8 Å². The zero-order chi connectivity index (χ0) is 27.2. The van der Waals surface area contributed by atoms with Gasteiger partial charge in [0.25, 0.3) is 5.91 Å². The molecule has 10 heteroatoms. The fraction of sp³-hybridized carbons (Fsp3) is 0.250. The van der Waals surface area contributed by atoms with Crippen LogP contribution in [0.4, 0.5) is 10.5 Å². The zero-order valence-electron chi connectivity index (χ0n) is 20.4. The number of benzene rings is 3. The van der Waals surface area contributed by atoms with Crippen molar-refractivity contribution in [3.63, 3.8) is 0 Å². The highest BCUT2D eigenvalue weighted by atomic mass is 35.5. The molecule has 0 saturated carbocycles. The van der Waals surface area contributed by atoms with Crippen LogP contribution in [0.5, 0.6) is 0 Å². The van der Waals surface area contributed by atoms with Crippen LogP contribution in [0, 0.1) is 0 Å². The SMILES string of the molecule is NC(=O)NC=O.O=C(c1cccc(Cl)c1)N1CCN(c2ccc(Cl)c(Cl)c2)C[C@@H]1[C@@H]1CCc2ccccc21. The van der Waals surface area contributed by atoms with Crippen molar-refractivity contribution >= 4 is 58.8 Å². The molecule has 1 aliphatic carbocycles. The molecule has 5 rings (SSSR count). The van der Waals surface area contributed by atoms with Crippen LogP contribution in [-0.2, 0) is 11.2 Å². The largest absolute Gasteiger partial charge is 0.368 e. The van der Waals surface area contributed by atoms with E-state index in [1.54, 1.807) is 17.4 Å². The van der Waals surface area contributed by atoms with E-state index in [0.29, 0.717) is 33.1 Å². The molecule has 0 unspecified atom stereocenters. The fourth-order valence-electron chi connectivity index (χ4n) is 5.16. The molecule has 0 aromatic heterocycles. The third-order valence-electron chi connectivity index (χ3n) is 6.86. The van der Waals surface area contributed by atoms with Crippen molar-refractivity contribution in [3.05, 3.63) is 98.5 Å². The summed E-state index contributed by atoms with van der Waals surface area (Å²) < 4.78 is 0. The highest BCUT2D eigenvalue weighted by molar-refractivity contribution is 6.42. The average molecular weight is 574 g/mol. The van der Waals surface area contributed by atoms with Crippen molar-refractivity contribution in [2.24, 2.45) is 5.73 Å². The smallest absolute Gasteiger partial charge is 0.318 e. The summed E-state index contributed by atoms with van der Waals surface area (Å²) in [4.78, 5) is 36.6. The molecule has 3 aromatic rings. The maximum absolute atomic E-state index is 13.6. The van der Waals surface area contributed by atoms with Gasteiger partial charge in [0.05, 0.1) is 16.1 Å². The van der Waals surface area contributed by atoms with Crippen LogP contribution in [0.3, 0.4) is 0 Å². The summed E-state index contributed by atoms with van der Waals surface area (Å²) in [6.45, 7) is 2.10. The average Bonchev–Trinajstić information content (AvgIpc) is 3.34. The van der Waals surface area contributed by atoms with Crippen LogP contribution in [-0.4, -0.2) is 48.9 Å². The van der Waals surface area contributed by atoms with Crippen LogP contribution in [0.1, 0.15) is 33.8 Å². The highest BCUT2D eigenvalue weighted by Crippen LogP contribution is 2.40. The highest BCUT2D eigenvalue weighted by Gasteiger charge is 2.39. The Morgan fingerprint density at radius 1 is 0.947 bits per heavy atom. The van der Waals surface area contributed by atoms with E-state index in [4.69, 9.17) is 34.8 Å². The van der Waals surface area contributed by atoms with Crippen molar-refractivity contribution in [2.75, 3.05) is 24.5 Å². The van der Waals surface area contributed by atoms with Gasteiger partial charge >= 0.3 is 6.03 Å². The second-order valence-electron chi connectivity index (χ2n) is 9.09. The Morgan fingerprint density at radius 3 is 2.42 bits per heavy atom. The van der Waals surface area contributed by atoms with Crippen LogP contribution in [0.2, 0.25) is 15.1 Å². The Hall–Kier alpha value is -3.26. The molecule has 4 amide bonds. The van der Waals surface area contributed by atoms with Crippen molar-refractivity contribution in [1.82, 2.24) is 10.2 Å². The Balaban J connectivity index is 0.000000505. The number of nitrogens with one attached hydrogen (secondary N) is 1. The maximum Gasteiger partial charge on any atom is 0.318 e. The van der Waals surface area contributed by atoms with Crippen LogP contribution < -0.4 is 16.0 Å². The lowest BCUT2D eigenvalue weighted by Crippen LogP contribution is -2.57. The van der Waals surface area contributed by atoms with Crippen LogP contribution in [0.15, 0.2) is 66.7 Å². The quantitative estimate of drug-likeness (QED) is 0.402. The number of hydrogen-bond acceptors (Lipinski definition) is 4. The number of anilines is 1. The molecular weight excluding hydrogens is 547 g/mol. The molecule has 0 radical (unpaired) electrons. The summed E-state index contributed by atoms with van der Waals surface area (Å²) in [6, 6.07) is 20.8. The normalized spacial score (nSPS) is 18.2. The molecule has 1 aliphatic heterocycles. The third-order valence-corrected chi connectivity index (χ3v) is 7.84. The molecule has 0 spiro atoms. The minimum atomic E-state index is -0.829. The number of fused-ring (bicyclic) bond motifs is 1. The minimum Gasteiger partial charge on any atom is -0.368 e. The topological polar surface area (TPSA) is 95.7 Å². The molecule has 1 heterocycles. The molecular formula is C28H27Cl3N4O3. The molecule has 3 N–H and O–H groups in total. The molecule has 1 saturated heterocycles. The fourth-order valence-corrected chi connectivity index (χ4v) is 5.64. The van der Waals surface area contributed by atoms with E-state index in [1.807, 2.05) is 35.2 Å². The molecule has 38 heavy (non-hydrogen) atoms. The summed E-state index contributed by atoms with van der Waals surface area (Å²) in [7, 11) is 0. The number of nitrogens with zero attached hydrogens (tertiary/aromatic N) is 2. The lowest BCUT2D eigenvalue weighted by Gasteiger charge is -2.45. The lowest BCUT2D eigenvalue weighted by atomic mass is 9.89. The van der Waals surface area contributed by atoms with Crippen molar-refractivity contribution < 1.29 is 14.4 Å². The van der Waals surface area contributed by atoms with E-state index in [-0.39, 0.29) is 18.4 Å². The number of piperazine rings is 1. The molecule has 198 valence electrons. The number of primary amides is 1. The number of aryl methyl sites for hydroxylation is 1. The first-order valence-corrected chi connectivity index (χ1v) is 13.3. The van der Waals surface area contributed by atoms with E-state index in [9.17, 15) is 14.4 Å². The van der Waals surface area contributed by atoms with E-state index < -0.39 is 6.03 Å². The van der Waals surface area contributed by atoms with E-state index in [0.717, 1.165) is 31.6 Å². The predicted molar refractivity (Wildman–Crippen MR) is 151 cm³/mol. The van der Waals surface area contributed by atoms with E-state index >= 15 is 0 Å².